The van der Waals surface area contributed by atoms with Gasteiger partial charge in [-0.1, -0.05) is 12.1 Å². The fraction of sp³-hybridized carbons (Fsp3) is 0.133. The highest BCUT2D eigenvalue weighted by Gasteiger charge is 2.07. The van der Waals surface area contributed by atoms with Gasteiger partial charge in [0.25, 0.3) is 0 Å². The summed E-state index contributed by atoms with van der Waals surface area (Å²) in [6, 6.07) is 7.31. The predicted octanol–water partition coefficient (Wildman–Crippen LogP) is 2.87. The van der Waals surface area contributed by atoms with Gasteiger partial charge in [-0.2, -0.15) is 0 Å². The van der Waals surface area contributed by atoms with Gasteiger partial charge in [0.05, 0.1) is 12.1 Å². The second-order valence-corrected chi connectivity index (χ2v) is 5.61. The van der Waals surface area contributed by atoms with Crippen LogP contribution in [0.3, 0.4) is 0 Å². The molecule has 22 heavy (non-hydrogen) atoms. The standard InChI is InChI=1S/C15H13N3O3S/c19-13(5-6-14(20)21)16-11-3-1-10(2-4-11)12-9-18-7-8-22-15(18)17-12/h1-4,7-9H,5-6H2,(H,16,19)(H,20,21). The molecule has 0 bridgehead atoms. The molecule has 112 valence electrons. The summed E-state index contributed by atoms with van der Waals surface area (Å²) in [6.45, 7) is 0. The number of thiazole rings is 1. The van der Waals surface area contributed by atoms with Crippen molar-refractivity contribution in [3.63, 3.8) is 0 Å². The van der Waals surface area contributed by atoms with E-state index in [1.165, 1.54) is 0 Å². The summed E-state index contributed by atoms with van der Waals surface area (Å²) >= 11 is 1.57. The Morgan fingerprint density at radius 2 is 2.00 bits per heavy atom. The maximum absolute atomic E-state index is 11.6. The summed E-state index contributed by atoms with van der Waals surface area (Å²) in [6.07, 6.45) is 3.70. The normalized spacial score (nSPS) is 10.7. The van der Waals surface area contributed by atoms with Gasteiger partial charge in [0.15, 0.2) is 4.96 Å². The van der Waals surface area contributed by atoms with E-state index in [1.54, 1.807) is 23.5 Å². The van der Waals surface area contributed by atoms with Gasteiger partial charge in [-0.25, -0.2) is 4.98 Å². The lowest BCUT2D eigenvalue weighted by molar-refractivity contribution is -0.138. The highest BCUT2D eigenvalue weighted by molar-refractivity contribution is 7.15. The maximum Gasteiger partial charge on any atom is 0.303 e. The number of hydrogen-bond acceptors (Lipinski definition) is 4. The van der Waals surface area contributed by atoms with Crippen molar-refractivity contribution in [2.45, 2.75) is 12.8 Å². The first kappa shape index (κ1) is 14.3. The monoisotopic (exact) mass is 315 g/mol. The van der Waals surface area contributed by atoms with Crippen LogP contribution in [-0.4, -0.2) is 26.4 Å². The second kappa shape index (κ2) is 5.98. The summed E-state index contributed by atoms with van der Waals surface area (Å²) in [7, 11) is 0. The molecule has 2 heterocycles. The molecule has 2 N–H and O–H groups in total. The molecule has 0 saturated carbocycles. The van der Waals surface area contributed by atoms with E-state index >= 15 is 0 Å². The molecule has 0 aliphatic rings. The zero-order valence-corrected chi connectivity index (χ0v) is 12.3. The van der Waals surface area contributed by atoms with Crippen molar-refractivity contribution in [3.8, 4) is 11.3 Å². The van der Waals surface area contributed by atoms with E-state index in [-0.39, 0.29) is 18.7 Å². The third kappa shape index (κ3) is 3.15. The third-order valence-corrected chi connectivity index (χ3v) is 3.89. The quantitative estimate of drug-likeness (QED) is 0.758. The van der Waals surface area contributed by atoms with Gasteiger partial charge in [0.2, 0.25) is 5.91 Å². The summed E-state index contributed by atoms with van der Waals surface area (Å²) in [5.41, 5.74) is 2.47. The Morgan fingerprint density at radius 3 is 2.68 bits per heavy atom. The topological polar surface area (TPSA) is 83.7 Å². The lowest BCUT2D eigenvalue weighted by Gasteiger charge is -2.05. The maximum atomic E-state index is 11.6. The second-order valence-electron chi connectivity index (χ2n) is 4.74. The highest BCUT2D eigenvalue weighted by atomic mass is 32.1. The van der Waals surface area contributed by atoms with E-state index in [1.807, 2.05) is 34.3 Å². The Kier molecular flexibility index (Phi) is 3.88. The number of imidazole rings is 1. The largest absolute Gasteiger partial charge is 0.481 e. The number of fused-ring (bicyclic) bond motifs is 1. The van der Waals surface area contributed by atoms with Crippen LogP contribution in [0.1, 0.15) is 12.8 Å². The number of carbonyl (C=O) groups excluding carboxylic acids is 1. The Labute approximate surface area is 130 Å². The number of carboxylic acid groups (broad SMARTS) is 1. The van der Waals surface area contributed by atoms with Crippen molar-refractivity contribution in [1.29, 1.82) is 0 Å². The van der Waals surface area contributed by atoms with Crippen LogP contribution in [0.2, 0.25) is 0 Å². The average Bonchev–Trinajstić information content (AvgIpc) is 3.07. The molecule has 0 unspecified atom stereocenters. The van der Waals surface area contributed by atoms with Gasteiger partial charge in [-0.15, -0.1) is 11.3 Å². The number of benzene rings is 1. The molecule has 0 aliphatic heterocycles. The van der Waals surface area contributed by atoms with Gasteiger partial charge in [0.1, 0.15) is 0 Å². The minimum Gasteiger partial charge on any atom is -0.481 e. The first-order valence-electron chi connectivity index (χ1n) is 6.66. The number of amides is 1. The average molecular weight is 315 g/mol. The predicted molar refractivity (Wildman–Crippen MR) is 84.0 cm³/mol. The molecule has 3 aromatic rings. The van der Waals surface area contributed by atoms with Gasteiger partial charge in [-0.05, 0) is 12.1 Å². The Bertz CT molecular complexity index is 792. The summed E-state index contributed by atoms with van der Waals surface area (Å²) in [5, 5.41) is 13.2. The number of carbonyl (C=O) groups is 2. The number of anilines is 1. The molecule has 6 nitrogen and oxygen atoms in total. The number of nitrogens with zero attached hydrogens (tertiary/aromatic N) is 2. The van der Waals surface area contributed by atoms with E-state index in [2.05, 4.69) is 10.3 Å². The van der Waals surface area contributed by atoms with E-state index in [0.29, 0.717) is 5.69 Å². The summed E-state index contributed by atoms with van der Waals surface area (Å²) in [5.74, 6) is -1.29. The third-order valence-electron chi connectivity index (χ3n) is 3.12. The van der Waals surface area contributed by atoms with Crippen LogP contribution in [-0.2, 0) is 9.59 Å². The number of aromatic nitrogens is 2. The summed E-state index contributed by atoms with van der Waals surface area (Å²) in [4.78, 5) is 27.4. The Hall–Kier alpha value is -2.67. The molecule has 0 spiro atoms. The van der Waals surface area contributed by atoms with Crippen LogP contribution < -0.4 is 5.32 Å². The molecule has 2 aromatic heterocycles. The number of rotatable bonds is 5. The number of carboxylic acids is 1. The van der Waals surface area contributed by atoms with Crippen molar-refractivity contribution in [2.75, 3.05) is 5.32 Å². The zero-order valence-electron chi connectivity index (χ0n) is 11.5. The lowest BCUT2D eigenvalue weighted by Crippen LogP contribution is -2.13. The minimum atomic E-state index is -0.981. The van der Waals surface area contributed by atoms with Gasteiger partial charge < -0.3 is 10.4 Å². The molecule has 0 saturated heterocycles. The van der Waals surface area contributed by atoms with E-state index in [9.17, 15) is 9.59 Å². The van der Waals surface area contributed by atoms with E-state index in [4.69, 9.17) is 5.11 Å². The molecule has 1 aromatic carbocycles. The molecule has 1 amide bonds. The number of aliphatic carboxylic acids is 1. The van der Waals surface area contributed by atoms with E-state index in [0.717, 1.165) is 16.2 Å². The van der Waals surface area contributed by atoms with Crippen molar-refractivity contribution in [1.82, 2.24) is 9.38 Å². The molecule has 0 aliphatic carbocycles. The first-order valence-corrected chi connectivity index (χ1v) is 7.54. The van der Waals surface area contributed by atoms with Gasteiger partial charge >= 0.3 is 5.97 Å². The molecular formula is C15H13N3O3S. The van der Waals surface area contributed by atoms with Crippen molar-refractivity contribution >= 4 is 33.9 Å². The van der Waals surface area contributed by atoms with Crippen molar-refractivity contribution in [3.05, 3.63) is 42.0 Å². The van der Waals surface area contributed by atoms with Gasteiger partial charge in [0, 0.05) is 35.4 Å². The lowest BCUT2D eigenvalue weighted by atomic mass is 10.1. The molecule has 0 fully saturated rings. The van der Waals surface area contributed by atoms with Crippen LogP contribution >= 0.6 is 11.3 Å². The van der Waals surface area contributed by atoms with Crippen LogP contribution in [0.25, 0.3) is 16.2 Å². The van der Waals surface area contributed by atoms with Crippen molar-refractivity contribution < 1.29 is 14.7 Å². The Morgan fingerprint density at radius 1 is 1.23 bits per heavy atom. The molecular weight excluding hydrogens is 302 g/mol. The SMILES string of the molecule is O=C(O)CCC(=O)Nc1ccc(-c2cn3ccsc3n2)cc1. The van der Waals surface area contributed by atoms with E-state index < -0.39 is 5.97 Å². The zero-order chi connectivity index (χ0) is 15.5. The van der Waals surface area contributed by atoms with Crippen LogP contribution in [0.5, 0.6) is 0 Å². The highest BCUT2D eigenvalue weighted by Crippen LogP contribution is 2.23. The first-order chi connectivity index (χ1) is 10.6. The van der Waals surface area contributed by atoms with Gasteiger partial charge in [-0.3, -0.25) is 14.0 Å². The van der Waals surface area contributed by atoms with Crippen LogP contribution in [0.4, 0.5) is 5.69 Å². The minimum absolute atomic E-state index is 0.0333. The smallest absolute Gasteiger partial charge is 0.303 e. The number of nitrogens with one attached hydrogen (secondary N) is 1. The Balaban J connectivity index is 1.68. The molecule has 3 rings (SSSR count). The van der Waals surface area contributed by atoms with Crippen molar-refractivity contribution in [2.24, 2.45) is 0 Å². The van der Waals surface area contributed by atoms with Crippen LogP contribution in [0, 0.1) is 0 Å². The summed E-state index contributed by atoms with van der Waals surface area (Å²) < 4.78 is 1.96. The fourth-order valence-corrected chi connectivity index (χ4v) is 2.73. The number of hydrogen-bond donors (Lipinski definition) is 2. The van der Waals surface area contributed by atoms with Crippen LogP contribution in [0.15, 0.2) is 42.0 Å². The molecule has 0 radical (unpaired) electrons. The molecule has 7 heteroatoms. The molecule has 0 atom stereocenters. The fourth-order valence-electron chi connectivity index (χ4n) is 2.03.